The molecule has 7 heteroatoms. The number of aromatic nitrogens is 1. The second kappa shape index (κ2) is 7.75. The molecule has 1 aliphatic rings. The number of rotatable bonds is 5. The van der Waals surface area contributed by atoms with Crippen LogP contribution in [0.3, 0.4) is 0 Å². The molecule has 0 bridgehead atoms. The number of hydrogen-bond acceptors (Lipinski definition) is 5. The van der Waals surface area contributed by atoms with Gasteiger partial charge in [-0.3, -0.25) is 0 Å². The van der Waals surface area contributed by atoms with E-state index in [1.165, 1.54) is 23.9 Å². The second-order valence-electron chi connectivity index (χ2n) is 6.36. The molecule has 146 valence electrons. The van der Waals surface area contributed by atoms with Gasteiger partial charge in [-0.2, -0.15) is 0 Å². The van der Waals surface area contributed by atoms with Gasteiger partial charge in [-0.25, -0.2) is 9.18 Å². The van der Waals surface area contributed by atoms with E-state index in [1.54, 1.807) is 19.1 Å². The Morgan fingerprint density at radius 1 is 1.18 bits per heavy atom. The molecule has 0 fully saturated rings. The summed E-state index contributed by atoms with van der Waals surface area (Å²) in [5, 5.41) is 0.778. The average molecular weight is 401 g/mol. The Labute approximate surface area is 166 Å². The summed E-state index contributed by atoms with van der Waals surface area (Å²) < 4.78 is 31.8. The molecule has 0 saturated carbocycles. The molecule has 0 amide bonds. The zero-order valence-electron chi connectivity index (χ0n) is 15.7. The number of thioether (sulfide) groups is 1. The first kappa shape index (κ1) is 18.7. The van der Waals surface area contributed by atoms with Crippen LogP contribution < -0.4 is 9.47 Å². The van der Waals surface area contributed by atoms with E-state index >= 15 is 0 Å². The lowest BCUT2D eigenvalue weighted by atomic mass is 10.1. The van der Waals surface area contributed by atoms with E-state index < -0.39 is 0 Å². The van der Waals surface area contributed by atoms with E-state index in [9.17, 15) is 9.18 Å². The fourth-order valence-corrected chi connectivity index (χ4v) is 4.28. The Kier molecular flexibility index (Phi) is 5.17. The third-order valence-corrected chi connectivity index (χ3v) is 5.68. The normalized spacial score (nSPS) is 13.0. The lowest BCUT2D eigenvalue weighted by Gasteiger charge is -2.18. The number of carbonyl (C=O) groups is 1. The zero-order valence-corrected chi connectivity index (χ0v) is 16.5. The standard InChI is InChI=1S/C21H20FNO4S/c1-3-25-21(24)20-15-10-18-19(27-9-8-26-18)11-16(15)23(2)17(20)12-28-14-6-4-13(22)5-7-14/h4-7,10-11H,3,8-9,12H2,1-2H3. The average Bonchev–Trinajstić information content (AvgIpc) is 2.97. The van der Waals surface area contributed by atoms with Gasteiger partial charge in [0.15, 0.2) is 11.5 Å². The molecular weight excluding hydrogens is 381 g/mol. The third kappa shape index (κ3) is 3.42. The topological polar surface area (TPSA) is 49.7 Å². The van der Waals surface area contributed by atoms with E-state index in [1.807, 2.05) is 23.7 Å². The third-order valence-electron chi connectivity index (χ3n) is 4.65. The van der Waals surface area contributed by atoms with Crippen molar-refractivity contribution >= 4 is 28.6 Å². The van der Waals surface area contributed by atoms with E-state index in [-0.39, 0.29) is 11.8 Å². The van der Waals surface area contributed by atoms with Gasteiger partial charge in [0.25, 0.3) is 0 Å². The highest BCUT2D eigenvalue weighted by Gasteiger charge is 2.25. The van der Waals surface area contributed by atoms with Crippen LogP contribution in [0.15, 0.2) is 41.3 Å². The Morgan fingerprint density at radius 3 is 2.54 bits per heavy atom. The first-order chi connectivity index (χ1) is 13.6. The van der Waals surface area contributed by atoms with Crippen LogP contribution in [0.5, 0.6) is 11.5 Å². The number of fused-ring (bicyclic) bond motifs is 2. The molecule has 0 aliphatic carbocycles. The number of aryl methyl sites for hydroxylation is 1. The summed E-state index contributed by atoms with van der Waals surface area (Å²) in [7, 11) is 1.92. The molecule has 5 nitrogen and oxygen atoms in total. The zero-order chi connectivity index (χ0) is 19.7. The van der Waals surface area contributed by atoms with Gasteiger partial charge in [0.1, 0.15) is 19.0 Å². The van der Waals surface area contributed by atoms with Gasteiger partial charge >= 0.3 is 5.97 Å². The number of carbonyl (C=O) groups excluding carboxylic acids is 1. The molecule has 2 heterocycles. The monoisotopic (exact) mass is 401 g/mol. The predicted molar refractivity (Wildman–Crippen MR) is 106 cm³/mol. The predicted octanol–water partition coefficient (Wildman–Crippen LogP) is 4.56. The maximum absolute atomic E-state index is 13.2. The Bertz CT molecular complexity index is 1030. The minimum atomic E-state index is -0.362. The first-order valence-electron chi connectivity index (χ1n) is 9.05. The van der Waals surface area contributed by atoms with Crippen molar-refractivity contribution in [1.29, 1.82) is 0 Å². The number of esters is 1. The van der Waals surface area contributed by atoms with E-state index in [0.29, 0.717) is 42.6 Å². The molecule has 4 rings (SSSR count). The van der Waals surface area contributed by atoms with Crippen LogP contribution in [0.25, 0.3) is 10.9 Å². The van der Waals surface area contributed by atoms with Crippen molar-refractivity contribution in [2.24, 2.45) is 7.05 Å². The van der Waals surface area contributed by atoms with Gasteiger partial charge in [-0.05, 0) is 37.3 Å². The highest BCUT2D eigenvalue weighted by Crippen LogP contribution is 2.39. The van der Waals surface area contributed by atoms with Gasteiger partial charge in [0, 0.05) is 34.8 Å². The van der Waals surface area contributed by atoms with Crippen LogP contribution in [0, 0.1) is 5.82 Å². The number of hydrogen-bond donors (Lipinski definition) is 0. The first-order valence-corrected chi connectivity index (χ1v) is 10.0. The molecule has 0 saturated heterocycles. The summed E-state index contributed by atoms with van der Waals surface area (Å²) in [5.41, 5.74) is 2.25. The van der Waals surface area contributed by atoms with Crippen molar-refractivity contribution < 1.29 is 23.4 Å². The van der Waals surface area contributed by atoms with Gasteiger partial charge < -0.3 is 18.8 Å². The van der Waals surface area contributed by atoms with E-state index in [4.69, 9.17) is 14.2 Å². The smallest absolute Gasteiger partial charge is 0.340 e. The van der Waals surface area contributed by atoms with Gasteiger partial charge in [0.05, 0.1) is 17.7 Å². The summed E-state index contributed by atoms with van der Waals surface area (Å²) >= 11 is 1.54. The van der Waals surface area contributed by atoms with Crippen LogP contribution in [-0.4, -0.2) is 30.4 Å². The van der Waals surface area contributed by atoms with Crippen molar-refractivity contribution in [3.63, 3.8) is 0 Å². The fourth-order valence-electron chi connectivity index (χ4n) is 3.31. The molecule has 3 aromatic rings. The van der Waals surface area contributed by atoms with Gasteiger partial charge in [-0.15, -0.1) is 11.8 Å². The van der Waals surface area contributed by atoms with Crippen LogP contribution in [0.4, 0.5) is 4.39 Å². The SMILES string of the molecule is CCOC(=O)c1c(CSc2ccc(F)cc2)n(C)c2cc3c(cc12)OCCO3. The van der Waals surface area contributed by atoms with E-state index in [0.717, 1.165) is 21.5 Å². The van der Waals surface area contributed by atoms with Crippen molar-refractivity contribution in [3.8, 4) is 11.5 Å². The number of benzene rings is 2. The summed E-state index contributed by atoms with van der Waals surface area (Å²) in [4.78, 5) is 13.7. The van der Waals surface area contributed by atoms with Crippen LogP contribution in [0.1, 0.15) is 23.0 Å². The Balaban J connectivity index is 1.78. The molecule has 2 aromatic carbocycles. The molecular formula is C21H20FNO4S. The summed E-state index contributed by atoms with van der Waals surface area (Å²) in [6, 6.07) is 10.1. The Morgan fingerprint density at radius 2 is 1.86 bits per heavy atom. The van der Waals surface area contributed by atoms with Crippen molar-refractivity contribution in [2.75, 3.05) is 19.8 Å². The lowest BCUT2D eigenvalue weighted by Crippen LogP contribution is -2.15. The minimum absolute atomic E-state index is 0.272. The van der Waals surface area contributed by atoms with Crippen LogP contribution in [-0.2, 0) is 17.5 Å². The maximum Gasteiger partial charge on any atom is 0.340 e. The second-order valence-corrected chi connectivity index (χ2v) is 7.41. The molecule has 0 spiro atoms. The number of ether oxygens (including phenoxy) is 3. The Hall–Kier alpha value is -2.67. The molecule has 0 unspecified atom stereocenters. The summed E-state index contributed by atoms with van der Waals surface area (Å²) in [6.07, 6.45) is 0. The van der Waals surface area contributed by atoms with Gasteiger partial charge in [-0.1, -0.05) is 0 Å². The molecule has 0 atom stereocenters. The molecule has 28 heavy (non-hydrogen) atoms. The molecule has 0 radical (unpaired) electrons. The fraction of sp³-hybridized carbons (Fsp3) is 0.286. The summed E-state index contributed by atoms with van der Waals surface area (Å²) in [5.74, 6) is 1.21. The van der Waals surface area contributed by atoms with Crippen LogP contribution in [0.2, 0.25) is 0 Å². The summed E-state index contributed by atoms with van der Waals surface area (Å²) in [6.45, 7) is 3.06. The number of halogens is 1. The lowest BCUT2D eigenvalue weighted by molar-refractivity contribution is 0.0527. The highest BCUT2D eigenvalue weighted by molar-refractivity contribution is 7.98. The molecule has 0 N–H and O–H groups in total. The van der Waals surface area contributed by atoms with Crippen molar-refractivity contribution in [1.82, 2.24) is 4.57 Å². The minimum Gasteiger partial charge on any atom is -0.486 e. The van der Waals surface area contributed by atoms with Crippen molar-refractivity contribution in [2.45, 2.75) is 17.6 Å². The molecule has 1 aliphatic heterocycles. The highest BCUT2D eigenvalue weighted by atomic mass is 32.2. The molecule has 1 aromatic heterocycles. The van der Waals surface area contributed by atoms with E-state index in [2.05, 4.69) is 0 Å². The quantitative estimate of drug-likeness (QED) is 0.463. The number of nitrogens with zero attached hydrogens (tertiary/aromatic N) is 1. The largest absolute Gasteiger partial charge is 0.486 e. The van der Waals surface area contributed by atoms with Crippen molar-refractivity contribution in [3.05, 3.63) is 53.5 Å². The van der Waals surface area contributed by atoms with Gasteiger partial charge in [0.2, 0.25) is 0 Å². The maximum atomic E-state index is 13.2. The van der Waals surface area contributed by atoms with Crippen LogP contribution >= 0.6 is 11.8 Å².